The van der Waals surface area contributed by atoms with Crippen molar-refractivity contribution in [3.63, 3.8) is 0 Å². The van der Waals surface area contributed by atoms with E-state index in [0.29, 0.717) is 18.0 Å². The highest BCUT2D eigenvalue weighted by molar-refractivity contribution is 7.80. The van der Waals surface area contributed by atoms with Gasteiger partial charge in [-0.15, -0.1) is 0 Å². The number of hydrogen-bond acceptors (Lipinski definition) is 7. The Balaban J connectivity index is 2.85. The van der Waals surface area contributed by atoms with Crippen molar-refractivity contribution in [1.29, 1.82) is 0 Å². The summed E-state index contributed by atoms with van der Waals surface area (Å²) in [5.74, 6) is -2.87. The van der Waals surface area contributed by atoms with Crippen LogP contribution in [0.2, 0.25) is 5.02 Å². The molecule has 0 aliphatic rings. The van der Waals surface area contributed by atoms with Crippen molar-refractivity contribution in [3.8, 4) is 0 Å². The lowest BCUT2D eigenvalue weighted by molar-refractivity contribution is -0.137. The minimum absolute atomic E-state index is 0.0153. The van der Waals surface area contributed by atoms with Crippen LogP contribution in [0.4, 0.5) is 4.79 Å². The van der Waals surface area contributed by atoms with Crippen LogP contribution in [0.1, 0.15) is 52.5 Å². The van der Waals surface area contributed by atoms with E-state index < -0.39 is 47.9 Å². The number of alkyl carbamates (subject to hydrolysis) is 1. The van der Waals surface area contributed by atoms with Crippen molar-refractivity contribution >= 4 is 54.0 Å². The Morgan fingerprint density at radius 2 is 1.57 bits per heavy atom. The van der Waals surface area contributed by atoms with Crippen molar-refractivity contribution in [2.24, 2.45) is 11.8 Å². The summed E-state index contributed by atoms with van der Waals surface area (Å²) >= 11 is 10.2. The van der Waals surface area contributed by atoms with Crippen LogP contribution < -0.4 is 21.3 Å². The minimum Gasteiger partial charge on any atom is -0.481 e. The largest absolute Gasteiger partial charge is 0.481 e. The molecule has 0 aliphatic heterocycles. The van der Waals surface area contributed by atoms with Crippen molar-refractivity contribution in [2.75, 3.05) is 18.9 Å². The molecule has 11 nitrogen and oxygen atoms in total. The van der Waals surface area contributed by atoms with Gasteiger partial charge in [0.05, 0.1) is 6.61 Å². The number of benzene rings is 1. The zero-order valence-corrected chi connectivity index (χ0v) is 25.0. The topological polar surface area (TPSA) is 163 Å². The van der Waals surface area contributed by atoms with Gasteiger partial charge in [-0.05, 0) is 48.8 Å². The summed E-state index contributed by atoms with van der Waals surface area (Å²) in [5, 5.41) is 20.0. The van der Waals surface area contributed by atoms with E-state index in [-0.39, 0.29) is 43.5 Å². The van der Waals surface area contributed by atoms with Crippen molar-refractivity contribution in [2.45, 2.75) is 71.5 Å². The molecule has 0 bridgehead atoms. The normalized spacial score (nSPS) is 13.2. The van der Waals surface area contributed by atoms with Gasteiger partial charge in [-0.3, -0.25) is 19.2 Å². The highest BCUT2D eigenvalue weighted by atomic mass is 35.5. The molecule has 1 aromatic rings. The molecule has 13 heteroatoms. The fourth-order valence-electron chi connectivity index (χ4n) is 3.55. The molecule has 1 aromatic carbocycles. The van der Waals surface area contributed by atoms with Gasteiger partial charge < -0.3 is 31.1 Å². The van der Waals surface area contributed by atoms with E-state index in [1.54, 1.807) is 12.1 Å². The van der Waals surface area contributed by atoms with E-state index in [4.69, 9.17) is 21.4 Å². The molecule has 0 spiro atoms. The quantitative estimate of drug-likeness (QED) is 0.150. The molecule has 4 amide bonds. The maximum absolute atomic E-state index is 13.1. The van der Waals surface area contributed by atoms with Gasteiger partial charge in [0.25, 0.3) is 0 Å². The molecule has 0 saturated heterocycles. The number of rotatable bonds is 17. The van der Waals surface area contributed by atoms with Gasteiger partial charge in [0.15, 0.2) is 0 Å². The van der Waals surface area contributed by atoms with E-state index in [2.05, 4.69) is 33.9 Å². The summed E-state index contributed by atoms with van der Waals surface area (Å²) in [5.41, 5.74) is 0.943. The van der Waals surface area contributed by atoms with Crippen LogP contribution in [0.25, 0.3) is 0 Å². The molecule has 0 fully saturated rings. The summed E-state index contributed by atoms with van der Waals surface area (Å²) in [6.07, 6.45) is -0.691. The number of carboxylic acid groups (broad SMARTS) is 1. The summed E-state index contributed by atoms with van der Waals surface area (Å²) < 4.78 is 5.05. The standard InChI is InChI=1S/C27H41ClN4O7S/c1-16(2)12-21(30-25(36)20(8-9-23(33)34)32-27(38)39-14-17(3)4)26(37)31-22(15-40)24(35)29-11-10-18-6-5-7-19(28)13-18/h5-7,13,16-17,20-22,40H,8-12,14-15H2,1-4H3,(H,29,35)(H,30,36)(H,31,37)(H,32,38)(H,33,34)/t20-,21-,22-/m0/s1. The Morgan fingerprint density at radius 3 is 2.15 bits per heavy atom. The lowest BCUT2D eigenvalue weighted by atomic mass is 10.0. The molecule has 224 valence electrons. The van der Waals surface area contributed by atoms with Gasteiger partial charge in [-0.25, -0.2) is 4.79 Å². The van der Waals surface area contributed by atoms with Gasteiger partial charge >= 0.3 is 12.1 Å². The fraction of sp³-hybridized carbons (Fsp3) is 0.593. The number of carbonyl (C=O) groups excluding carboxylic acids is 4. The average molecular weight is 601 g/mol. The third-order valence-corrected chi connectivity index (χ3v) is 6.16. The monoisotopic (exact) mass is 600 g/mol. The molecular formula is C27H41ClN4O7S. The number of thiol groups is 1. The van der Waals surface area contributed by atoms with E-state index in [9.17, 15) is 24.0 Å². The SMILES string of the molecule is CC(C)COC(=O)N[C@@H](CCC(=O)O)C(=O)N[C@@H](CC(C)C)C(=O)N[C@@H](CS)C(=O)NCCc1cccc(Cl)c1. The maximum Gasteiger partial charge on any atom is 0.407 e. The predicted molar refractivity (Wildman–Crippen MR) is 155 cm³/mol. The number of amides is 4. The average Bonchev–Trinajstić information content (AvgIpc) is 2.87. The number of ether oxygens (including phenoxy) is 1. The fourth-order valence-corrected chi connectivity index (χ4v) is 4.02. The zero-order valence-electron chi connectivity index (χ0n) is 23.4. The second-order valence-electron chi connectivity index (χ2n) is 10.2. The summed E-state index contributed by atoms with van der Waals surface area (Å²) in [4.78, 5) is 62.2. The van der Waals surface area contributed by atoms with Gasteiger partial charge in [0, 0.05) is 23.7 Å². The Hall–Kier alpha value is -2.99. The third-order valence-electron chi connectivity index (χ3n) is 5.56. The highest BCUT2D eigenvalue weighted by Crippen LogP contribution is 2.11. The molecule has 0 heterocycles. The van der Waals surface area contributed by atoms with E-state index in [0.717, 1.165) is 5.56 Å². The maximum atomic E-state index is 13.1. The van der Waals surface area contributed by atoms with Gasteiger partial charge in [-0.2, -0.15) is 12.6 Å². The molecule has 0 aliphatic carbocycles. The minimum atomic E-state index is -1.24. The third kappa shape index (κ3) is 14.4. The molecule has 5 N–H and O–H groups in total. The van der Waals surface area contributed by atoms with Crippen molar-refractivity contribution in [3.05, 3.63) is 34.9 Å². The van der Waals surface area contributed by atoms with Crippen LogP contribution in [0.3, 0.4) is 0 Å². The first-order chi connectivity index (χ1) is 18.8. The lowest BCUT2D eigenvalue weighted by Gasteiger charge is -2.25. The van der Waals surface area contributed by atoms with Crippen LogP contribution in [0.15, 0.2) is 24.3 Å². The number of hydrogen-bond donors (Lipinski definition) is 6. The zero-order chi connectivity index (χ0) is 30.2. The second kappa shape index (κ2) is 18.4. The number of aliphatic carboxylic acids is 1. The lowest BCUT2D eigenvalue weighted by Crippen LogP contribution is -2.57. The molecule has 1 rings (SSSR count). The second-order valence-corrected chi connectivity index (χ2v) is 11.0. The van der Waals surface area contributed by atoms with Crippen LogP contribution >= 0.6 is 24.2 Å². The number of carbonyl (C=O) groups is 5. The molecular weight excluding hydrogens is 560 g/mol. The summed E-state index contributed by atoms with van der Waals surface area (Å²) in [6, 6.07) is 4.00. The van der Waals surface area contributed by atoms with Crippen molar-refractivity contribution in [1.82, 2.24) is 21.3 Å². The van der Waals surface area contributed by atoms with E-state index in [1.165, 1.54) is 0 Å². The van der Waals surface area contributed by atoms with Gasteiger partial charge in [-0.1, -0.05) is 51.4 Å². The molecule has 0 unspecified atom stereocenters. The smallest absolute Gasteiger partial charge is 0.407 e. The van der Waals surface area contributed by atoms with Crippen LogP contribution in [-0.4, -0.2) is 71.9 Å². The highest BCUT2D eigenvalue weighted by Gasteiger charge is 2.30. The first-order valence-corrected chi connectivity index (χ1v) is 14.2. The van der Waals surface area contributed by atoms with Crippen molar-refractivity contribution < 1.29 is 33.8 Å². The number of nitrogens with one attached hydrogen (secondary N) is 4. The molecule has 3 atom stereocenters. The molecule has 40 heavy (non-hydrogen) atoms. The first kappa shape index (κ1) is 35.0. The molecule has 0 radical (unpaired) electrons. The Morgan fingerprint density at radius 1 is 0.925 bits per heavy atom. The Labute approximate surface area is 245 Å². The summed E-state index contributed by atoms with van der Waals surface area (Å²) in [6.45, 7) is 7.82. The molecule has 0 aromatic heterocycles. The van der Waals surface area contributed by atoms with Crippen LogP contribution in [-0.2, 0) is 30.3 Å². The van der Waals surface area contributed by atoms with E-state index in [1.807, 2.05) is 39.8 Å². The Kier molecular flexibility index (Phi) is 16.1. The summed E-state index contributed by atoms with van der Waals surface area (Å²) in [7, 11) is 0. The van der Waals surface area contributed by atoms with Crippen LogP contribution in [0.5, 0.6) is 0 Å². The van der Waals surface area contributed by atoms with E-state index >= 15 is 0 Å². The first-order valence-electron chi connectivity index (χ1n) is 13.2. The Bertz CT molecular complexity index is 1010. The van der Waals surface area contributed by atoms with Crippen LogP contribution in [0, 0.1) is 11.8 Å². The number of halogens is 1. The van der Waals surface area contributed by atoms with Gasteiger partial charge in [0.2, 0.25) is 17.7 Å². The predicted octanol–water partition coefficient (Wildman–Crippen LogP) is 2.56. The molecule has 0 saturated carbocycles. The van der Waals surface area contributed by atoms with Gasteiger partial charge in [0.1, 0.15) is 18.1 Å². The number of carboxylic acids is 1.